The molecule has 1 aromatic carbocycles. The van der Waals surface area contributed by atoms with Crippen LogP contribution in [0.25, 0.3) is 0 Å². The highest BCUT2D eigenvalue weighted by atomic mass is 32.7. The highest BCUT2D eigenvalue weighted by Crippen LogP contribution is 2.60. The lowest BCUT2D eigenvalue weighted by atomic mass is 10.3. The average molecular weight is 391 g/mol. The van der Waals surface area contributed by atoms with E-state index in [2.05, 4.69) is 10.7 Å². The number of hydrazine groups is 1. The van der Waals surface area contributed by atoms with Crippen molar-refractivity contribution in [2.24, 2.45) is 0 Å². The summed E-state index contributed by atoms with van der Waals surface area (Å²) in [4.78, 5) is 0. The number of rotatable bonds is 10. The summed E-state index contributed by atoms with van der Waals surface area (Å²) < 4.78 is 25.2. The number of benzene rings is 1. The fourth-order valence-electron chi connectivity index (χ4n) is 1.75. The lowest BCUT2D eigenvalue weighted by Crippen LogP contribution is -2.39. The van der Waals surface area contributed by atoms with Crippen LogP contribution in [0.4, 0.5) is 5.69 Å². The molecule has 0 heterocycles. The van der Waals surface area contributed by atoms with Gasteiger partial charge in [-0.05, 0) is 56.8 Å². The van der Waals surface area contributed by atoms with E-state index in [1.165, 1.54) is 16.2 Å². The number of nitrogens with one attached hydrogen (secondary N) is 2. The van der Waals surface area contributed by atoms with Crippen LogP contribution in [0.15, 0.2) is 24.3 Å². The smallest absolute Gasteiger partial charge is 0.346 e. The van der Waals surface area contributed by atoms with Gasteiger partial charge in [0, 0.05) is 18.5 Å². The molecular formula is C15H26N3O3PS2. The second-order valence-corrected chi connectivity index (χ2v) is 9.80. The van der Waals surface area contributed by atoms with E-state index in [0.29, 0.717) is 18.3 Å². The van der Waals surface area contributed by atoms with E-state index >= 15 is 0 Å². The van der Waals surface area contributed by atoms with Gasteiger partial charge in [0.2, 0.25) is 0 Å². The topological polar surface area (TPSA) is 62.8 Å². The van der Waals surface area contributed by atoms with Crippen molar-refractivity contribution in [1.82, 2.24) is 10.2 Å². The first kappa shape index (κ1) is 21.3. The molecule has 6 nitrogen and oxygen atoms in total. The van der Waals surface area contributed by atoms with Crippen LogP contribution in [-0.2, 0) is 9.09 Å². The van der Waals surface area contributed by atoms with E-state index in [-0.39, 0.29) is 0 Å². The van der Waals surface area contributed by atoms with Crippen LogP contribution in [0.2, 0.25) is 0 Å². The number of ether oxygens (including phenoxy) is 1. The molecule has 1 aromatic rings. The van der Waals surface area contributed by atoms with E-state index < -0.39 is 6.72 Å². The standard InChI is InChI=1S/C15H26N3O3PS2/c1-5-12-24-22(19,21-7-3)18(4)17-15(23)16-13-8-10-14(11-9-13)20-6-2/h8-11H,5-7,12H2,1-4H3,(H2,16,17,23). The van der Waals surface area contributed by atoms with Gasteiger partial charge in [-0.25, -0.2) is 0 Å². The summed E-state index contributed by atoms with van der Waals surface area (Å²) >= 11 is 6.59. The van der Waals surface area contributed by atoms with Crippen LogP contribution >= 0.6 is 30.3 Å². The Morgan fingerprint density at radius 2 is 1.92 bits per heavy atom. The molecule has 1 unspecified atom stereocenters. The molecule has 0 bridgehead atoms. The van der Waals surface area contributed by atoms with E-state index in [1.807, 2.05) is 45.0 Å². The van der Waals surface area contributed by atoms with E-state index in [4.69, 9.17) is 21.5 Å². The number of hydrogen-bond donors (Lipinski definition) is 2. The van der Waals surface area contributed by atoms with Gasteiger partial charge in [0.25, 0.3) is 0 Å². The Balaban J connectivity index is 2.62. The first-order chi connectivity index (χ1) is 11.4. The number of anilines is 1. The summed E-state index contributed by atoms with van der Waals surface area (Å²) in [5.41, 5.74) is 3.73. The number of nitrogens with zero attached hydrogens (tertiary/aromatic N) is 1. The molecule has 0 aliphatic rings. The minimum absolute atomic E-state index is 0.346. The largest absolute Gasteiger partial charge is 0.494 e. The Hall–Kier alpha value is -0.790. The molecule has 0 aliphatic carbocycles. The summed E-state index contributed by atoms with van der Waals surface area (Å²) in [6, 6.07) is 7.46. The first-order valence-corrected chi connectivity index (χ1v) is 11.5. The number of thiocarbonyl (C=S) groups is 1. The third-order valence-electron chi connectivity index (χ3n) is 2.80. The van der Waals surface area contributed by atoms with Crippen molar-refractivity contribution >= 4 is 41.1 Å². The molecule has 0 spiro atoms. The molecule has 136 valence electrons. The maximum Gasteiger partial charge on any atom is 0.346 e. The molecule has 0 aromatic heterocycles. The Bertz CT molecular complexity index is 557. The third kappa shape index (κ3) is 6.99. The van der Waals surface area contributed by atoms with Gasteiger partial charge in [-0.3, -0.25) is 9.99 Å². The van der Waals surface area contributed by atoms with E-state index in [9.17, 15) is 4.57 Å². The number of hydrogen-bond acceptors (Lipinski definition) is 5. The Morgan fingerprint density at radius 3 is 2.46 bits per heavy atom. The second-order valence-electron chi connectivity index (χ2n) is 4.77. The molecule has 0 aliphatic heterocycles. The van der Waals surface area contributed by atoms with Crippen LogP contribution < -0.4 is 15.5 Å². The summed E-state index contributed by atoms with van der Waals surface area (Å²) in [6.07, 6.45) is 0.921. The van der Waals surface area contributed by atoms with E-state index in [0.717, 1.165) is 23.6 Å². The van der Waals surface area contributed by atoms with Gasteiger partial charge in [0.05, 0.1) is 13.2 Å². The molecule has 9 heteroatoms. The van der Waals surface area contributed by atoms with Crippen LogP contribution in [-0.4, -0.2) is 35.9 Å². The second kappa shape index (κ2) is 10.9. The lowest BCUT2D eigenvalue weighted by molar-refractivity contribution is 0.291. The fourth-order valence-corrected chi connectivity index (χ4v) is 5.88. The summed E-state index contributed by atoms with van der Waals surface area (Å²) in [5.74, 6) is 1.55. The molecule has 0 fully saturated rings. The van der Waals surface area contributed by atoms with Crippen LogP contribution in [0.1, 0.15) is 27.2 Å². The van der Waals surface area contributed by atoms with Gasteiger partial charge >= 0.3 is 6.72 Å². The molecule has 0 radical (unpaired) electrons. The lowest BCUT2D eigenvalue weighted by Gasteiger charge is -2.27. The van der Waals surface area contributed by atoms with Crippen LogP contribution in [0.3, 0.4) is 0 Å². The van der Waals surface area contributed by atoms with Crippen molar-refractivity contribution in [3.05, 3.63) is 24.3 Å². The molecule has 2 N–H and O–H groups in total. The molecule has 24 heavy (non-hydrogen) atoms. The highest BCUT2D eigenvalue weighted by Gasteiger charge is 2.30. The van der Waals surface area contributed by atoms with Gasteiger partial charge in [0.15, 0.2) is 5.11 Å². The quantitative estimate of drug-likeness (QED) is 0.343. The predicted molar refractivity (Wildman–Crippen MR) is 107 cm³/mol. The average Bonchev–Trinajstić information content (AvgIpc) is 2.55. The molecule has 1 atom stereocenters. The molecule has 0 saturated heterocycles. The van der Waals surface area contributed by atoms with Crippen molar-refractivity contribution in [2.75, 3.05) is 31.3 Å². The normalized spacial score (nSPS) is 13.4. The zero-order chi connectivity index (χ0) is 18.0. The van der Waals surface area contributed by atoms with Crippen molar-refractivity contribution < 1.29 is 13.8 Å². The Labute approximate surface area is 153 Å². The van der Waals surface area contributed by atoms with Crippen molar-refractivity contribution in [2.45, 2.75) is 27.2 Å². The van der Waals surface area contributed by atoms with Crippen molar-refractivity contribution in [1.29, 1.82) is 0 Å². The van der Waals surface area contributed by atoms with Gasteiger partial charge in [-0.2, -0.15) is 0 Å². The van der Waals surface area contributed by atoms with Crippen LogP contribution in [0.5, 0.6) is 5.75 Å². The van der Waals surface area contributed by atoms with Crippen molar-refractivity contribution in [3.8, 4) is 5.75 Å². The van der Waals surface area contributed by atoms with Crippen LogP contribution in [0, 0.1) is 0 Å². The minimum atomic E-state index is -3.01. The van der Waals surface area contributed by atoms with Crippen molar-refractivity contribution in [3.63, 3.8) is 0 Å². The van der Waals surface area contributed by atoms with Gasteiger partial charge in [-0.1, -0.05) is 18.3 Å². The summed E-state index contributed by atoms with van der Waals surface area (Å²) in [7, 11) is 1.67. The fraction of sp³-hybridized carbons (Fsp3) is 0.533. The maximum atomic E-state index is 12.9. The predicted octanol–water partition coefficient (Wildman–Crippen LogP) is 4.51. The molecule has 0 saturated carbocycles. The van der Waals surface area contributed by atoms with Gasteiger partial charge in [-0.15, -0.1) is 4.78 Å². The van der Waals surface area contributed by atoms with E-state index in [1.54, 1.807) is 7.05 Å². The monoisotopic (exact) mass is 391 g/mol. The Kier molecular flexibility index (Phi) is 9.69. The molecule has 0 amide bonds. The Morgan fingerprint density at radius 1 is 1.25 bits per heavy atom. The summed E-state index contributed by atoms with van der Waals surface area (Å²) in [6.45, 7) is 3.79. The maximum absolute atomic E-state index is 12.9. The zero-order valence-electron chi connectivity index (χ0n) is 14.6. The summed E-state index contributed by atoms with van der Waals surface area (Å²) in [5, 5.41) is 3.40. The highest BCUT2D eigenvalue weighted by molar-refractivity contribution is 8.55. The first-order valence-electron chi connectivity index (χ1n) is 7.89. The van der Waals surface area contributed by atoms with Gasteiger partial charge < -0.3 is 14.6 Å². The zero-order valence-corrected chi connectivity index (χ0v) is 17.1. The minimum Gasteiger partial charge on any atom is -0.494 e. The third-order valence-corrected chi connectivity index (χ3v) is 7.91. The molecule has 1 rings (SSSR count). The SMILES string of the molecule is CCCSP(=O)(OCC)N(C)NC(=S)Nc1ccc(OCC)cc1. The van der Waals surface area contributed by atoms with Gasteiger partial charge in [0.1, 0.15) is 5.75 Å². The molecular weight excluding hydrogens is 365 g/mol.